The van der Waals surface area contributed by atoms with Crippen molar-refractivity contribution in [2.24, 2.45) is 12.0 Å². The third kappa shape index (κ3) is 4.82. The maximum Gasteiger partial charge on any atom is 0.194 e. The molecular weight excluding hydrogens is 290 g/mol. The summed E-state index contributed by atoms with van der Waals surface area (Å²) in [6.07, 6.45) is 3.86. The Kier molecular flexibility index (Phi) is 6.17. The summed E-state index contributed by atoms with van der Waals surface area (Å²) in [6, 6.07) is 7.83. The second-order valence-corrected chi connectivity index (χ2v) is 5.48. The molecular formula is C17H25N5O. The number of benzene rings is 1. The molecule has 6 nitrogen and oxygen atoms in total. The third-order valence-corrected chi connectivity index (χ3v) is 3.56. The first-order chi connectivity index (χ1) is 11.1. The zero-order valence-corrected chi connectivity index (χ0v) is 14.0. The van der Waals surface area contributed by atoms with Gasteiger partial charge in [0.2, 0.25) is 0 Å². The molecule has 1 aromatic heterocycles. The number of nitrogens with one attached hydrogen (secondary N) is 1. The van der Waals surface area contributed by atoms with Gasteiger partial charge in [0, 0.05) is 38.9 Å². The van der Waals surface area contributed by atoms with Gasteiger partial charge >= 0.3 is 0 Å². The summed E-state index contributed by atoms with van der Waals surface area (Å²) < 4.78 is 1.80. The van der Waals surface area contributed by atoms with Gasteiger partial charge in [-0.25, -0.2) is 4.99 Å². The van der Waals surface area contributed by atoms with Crippen LogP contribution in [0.2, 0.25) is 0 Å². The van der Waals surface area contributed by atoms with E-state index in [0.29, 0.717) is 6.54 Å². The molecule has 23 heavy (non-hydrogen) atoms. The Bertz CT molecular complexity index is 650. The highest BCUT2D eigenvalue weighted by atomic mass is 16.3. The van der Waals surface area contributed by atoms with Gasteiger partial charge in [0.1, 0.15) is 0 Å². The fourth-order valence-electron chi connectivity index (χ4n) is 2.40. The van der Waals surface area contributed by atoms with Crippen molar-refractivity contribution in [1.29, 1.82) is 0 Å². The van der Waals surface area contributed by atoms with Crippen LogP contribution < -0.4 is 5.32 Å². The molecule has 6 heteroatoms. The van der Waals surface area contributed by atoms with Crippen LogP contribution in [0, 0.1) is 0 Å². The molecule has 0 spiro atoms. The monoisotopic (exact) mass is 315 g/mol. The molecule has 0 aliphatic heterocycles. The molecule has 0 fully saturated rings. The average Bonchev–Trinajstić information content (AvgIpc) is 2.96. The first kappa shape index (κ1) is 17.0. The fourth-order valence-corrected chi connectivity index (χ4v) is 2.40. The Morgan fingerprint density at radius 1 is 1.35 bits per heavy atom. The summed E-state index contributed by atoms with van der Waals surface area (Å²) in [5.74, 6) is 0.837. The van der Waals surface area contributed by atoms with Crippen molar-refractivity contribution in [3.63, 3.8) is 0 Å². The Labute approximate surface area is 137 Å². The maximum absolute atomic E-state index is 9.41. The molecule has 124 valence electrons. The average molecular weight is 315 g/mol. The van der Waals surface area contributed by atoms with Crippen LogP contribution in [0.15, 0.2) is 41.7 Å². The Morgan fingerprint density at radius 2 is 2.09 bits per heavy atom. The van der Waals surface area contributed by atoms with Crippen molar-refractivity contribution in [3.8, 4) is 0 Å². The number of rotatable bonds is 6. The van der Waals surface area contributed by atoms with Crippen LogP contribution in [-0.4, -0.2) is 39.3 Å². The number of hydrogen-bond donors (Lipinski definition) is 2. The SMILES string of the molecule is CCNC(=NCc1ccccc1CO)N(C)Cc1cnn(C)c1. The van der Waals surface area contributed by atoms with E-state index in [4.69, 9.17) is 0 Å². The molecule has 0 aliphatic carbocycles. The summed E-state index contributed by atoms with van der Waals surface area (Å²) in [4.78, 5) is 6.76. The molecule has 1 aromatic carbocycles. The Morgan fingerprint density at radius 3 is 2.70 bits per heavy atom. The third-order valence-electron chi connectivity index (χ3n) is 3.56. The molecule has 0 aliphatic rings. The van der Waals surface area contributed by atoms with Crippen molar-refractivity contribution in [2.75, 3.05) is 13.6 Å². The summed E-state index contributed by atoms with van der Waals surface area (Å²) >= 11 is 0. The largest absolute Gasteiger partial charge is 0.392 e. The number of aromatic nitrogens is 2. The highest BCUT2D eigenvalue weighted by Crippen LogP contribution is 2.10. The zero-order chi connectivity index (χ0) is 16.7. The van der Waals surface area contributed by atoms with E-state index in [1.807, 2.05) is 50.8 Å². The van der Waals surface area contributed by atoms with Gasteiger partial charge in [0.25, 0.3) is 0 Å². The quantitative estimate of drug-likeness (QED) is 0.626. The second-order valence-electron chi connectivity index (χ2n) is 5.48. The molecule has 1 heterocycles. The molecule has 0 atom stereocenters. The minimum absolute atomic E-state index is 0.0355. The van der Waals surface area contributed by atoms with E-state index in [2.05, 4.69) is 27.2 Å². The van der Waals surface area contributed by atoms with Crippen LogP contribution >= 0.6 is 0 Å². The number of aliphatic hydroxyl groups is 1. The van der Waals surface area contributed by atoms with Crippen LogP contribution in [0.3, 0.4) is 0 Å². The molecule has 2 N–H and O–H groups in total. The number of aryl methyl sites for hydroxylation is 1. The molecule has 2 aromatic rings. The van der Waals surface area contributed by atoms with Crippen molar-refractivity contribution in [1.82, 2.24) is 20.0 Å². The maximum atomic E-state index is 9.41. The molecule has 0 saturated heterocycles. The minimum Gasteiger partial charge on any atom is -0.392 e. The van der Waals surface area contributed by atoms with Crippen LogP contribution in [0.5, 0.6) is 0 Å². The smallest absolute Gasteiger partial charge is 0.194 e. The van der Waals surface area contributed by atoms with E-state index in [1.54, 1.807) is 4.68 Å². The highest BCUT2D eigenvalue weighted by Gasteiger charge is 2.08. The van der Waals surface area contributed by atoms with Gasteiger partial charge in [-0.1, -0.05) is 24.3 Å². The first-order valence-electron chi connectivity index (χ1n) is 7.78. The second kappa shape index (κ2) is 8.33. The summed E-state index contributed by atoms with van der Waals surface area (Å²) in [5.41, 5.74) is 3.10. The summed E-state index contributed by atoms with van der Waals surface area (Å²) in [7, 11) is 3.92. The van der Waals surface area contributed by atoms with Crippen LogP contribution in [0.4, 0.5) is 0 Å². The normalized spacial score (nSPS) is 11.6. The van der Waals surface area contributed by atoms with Gasteiger partial charge in [-0.15, -0.1) is 0 Å². The van der Waals surface area contributed by atoms with Crippen LogP contribution in [0.25, 0.3) is 0 Å². The van der Waals surface area contributed by atoms with Gasteiger partial charge < -0.3 is 15.3 Å². The topological polar surface area (TPSA) is 65.7 Å². The lowest BCUT2D eigenvalue weighted by molar-refractivity contribution is 0.280. The van der Waals surface area contributed by atoms with E-state index in [1.165, 1.54) is 0 Å². The van der Waals surface area contributed by atoms with Gasteiger partial charge in [-0.05, 0) is 18.1 Å². The standard InChI is InChI=1S/C17H25N5O/c1-4-18-17(21(2)11-14-9-20-22(3)12-14)19-10-15-7-5-6-8-16(15)13-23/h5-9,12,23H,4,10-11,13H2,1-3H3,(H,18,19). The predicted octanol–water partition coefficient (Wildman–Crippen LogP) is 1.51. The lowest BCUT2D eigenvalue weighted by Gasteiger charge is -2.21. The molecule has 0 radical (unpaired) electrons. The fraction of sp³-hybridized carbons (Fsp3) is 0.412. The number of nitrogens with zero attached hydrogens (tertiary/aromatic N) is 4. The van der Waals surface area contributed by atoms with Gasteiger partial charge in [0.05, 0.1) is 19.3 Å². The van der Waals surface area contributed by atoms with Crippen molar-refractivity contribution in [3.05, 3.63) is 53.3 Å². The number of aliphatic hydroxyl groups excluding tert-OH is 1. The lowest BCUT2D eigenvalue weighted by atomic mass is 10.1. The minimum atomic E-state index is 0.0355. The van der Waals surface area contributed by atoms with E-state index in [9.17, 15) is 5.11 Å². The molecule has 0 bridgehead atoms. The van der Waals surface area contributed by atoms with E-state index in [-0.39, 0.29) is 6.61 Å². The van der Waals surface area contributed by atoms with Crippen LogP contribution in [0.1, 0.15) is 23.6 Å². The van der Waals surface area contributed by atoms with Crippen molar-refractivity contribution in [2.45, 2.75) is 26.6 Å². The number of guanidine groups is 1. The summed E-state index contributed by atoms with van der Waals surface area (Å²) in [6.45, 7) is 4.17. The number of aliphatic imine (C=N–C) groups is 1. The van der Waals surface area contributed by atoms with Crippen LogP contribution in [-0.2, 0) is 26.7 Å². The van der Waals surface area contributed by atoms with E-state index in [0.717, 1.165) is 35.7 Å². The summed E-state index contributed by atoms with van der Waals surface area (Å²) in [5, 5.41) is 16.9. The van der Waals surface area contributed by atoms with Gasteiger partial charge in [-0.2, -0.15) is 5.10 Å². The Balaban J connectivity index is 2.09. The van der Waals surface area contributed by atoms with E-state index < -0.39 is 0 Å². The van der Waals surface area contributed by atoms with Crippen molar-refractivity contribution >= 4 is 5.96 Å². The molecule has 0 unspecified atom stereocenters. The molecule has 0 amide bonds. The van der Waals surface area contributed by atoms with Crippen molar-refractivity contribution < 1.29 is 5.11 Å². The Hall–Kier alpha value is -2.34. The van der Waals surface area contributed by atoms with Gasteiger partial charge in [-0.3, -0.25) is 4.68 Å². The molecule has 2 rings (SSSR count). The lowest BCUT2D eigenvalue weighted by Crippen LogP contribution is -2.38. The number of hydrogen-bond acceptors (Lipinski definition) is 3. The van der Waals surface area contributed by atoms with Gasteiger partial charge in [0.15, 0.2) is 5.96 Å². The molecule has 0 saturated carbocycles. The zero-order valence-electron chi connectivity index (χ0n) is 14.0. The van der Waals surface area contributed by atoms with E-state index >= 15 is 0 Å². The predicted molar refractivity (Wildman–Crippen MR) is 91.9 cm³/mol. The highest BCUT2D eigenvalue weighted by molar-refractivity contribution is 5.79. The first-order valence-corrected chi connectivity index (χ1v) is 7.78.